The van der Waals surface area contributed by atoms with Crippen molar-refractivity contribution in [3.63, 3.8) is 0 Å². The zero-order chi connectivity index (χ0) is 24.5. The van der Waals surface area contributed by atoms with Gasteiger partial charge in [0.25, 0.3) is 5.56 Å². The molecule has 6 atom stereocenters. The molecule has 0 amide bonds. The number of phosphoric ester groups is 1. The zero-order valence-corrected chi connectivity index (χ0v) is 18.6. The van der Waals surface area contributed by atoms with Crippen LogP contribution < -0.4 is 16.6 Å². The maximum Gasteiger partial charge on any atom is 0.490 e. The smallest absolute Gasteiger partial charge is 0.387 e. The van der Waals surface area contributed by atoms with Gasteiger partial charge < -0.3 is 39.8 Å². The third kappa shape index (κ3) is 7.21. The Balaban J connectivity index is 2.13. The first-order chi connectivity index (χ1) is 14.6. The van der Waals surface area contributed by atoms with Crippen LogP contribution in [-0.4, -0.2) is 71.3 Å². The Labute approximate surface area is 177 Å². The number of nitrogens with zero attached hydrogens (tertiary/aromatic N) is 1. The number of aromatic amines is 1. The molecule has 1 aromatic heterocycles. The molecule has 0 spiro atoms. The minimum Gasteiger partial charge on any atom is -0.387 e. The highest BCUT2D eigenvalue weighted by atomic mass is 31.3. The van der Waals surface area contributed by atoms with Gasteiger partial charge in [0, 0.05) is 18.3 Å². The number of aliphatic hydroxyl groups excluding tert-OH is 2. The molecule has 18 nitrogen and oxygen atoms in total. The van der Waals surface area contributed by atoms with Crippen LogP contribution >= 0.6 is 23.5 Å². The summed E-state index contributed by atoms with van der Waals surface area (Å²) in [5, 5.41) is 23.0. The van der Waals surface area contributed by atoms with Gasteiger partial charge in [-0.2, -0.15) is 8.62 Å². The average Bonchev–Trinajstić information content (AvgIpc) is 2.87. The summed E-state index contributed by atoms with van der Waals surface area (Å²) in [4.78, 5) is 61.3. The van der Waals surface area contributed by atoms with Crippen molar-refractivity contribution in [2.75, 3.05) is 13.7 Å². The maximum absolute atomic E-state index is 12.1. The van der Waals surface area contributed by atoms with E-state index in [1.54, 1.807) is 0 Å². The number of aliphatic hydroxyl groups is 2. The number of phosphoric acid groups is 3. The Morgan fingerprint density at radius 3 is 2.28 bits per heavy atom. The fraction of sp³-hybridized carbons (Fsp3) is 0.636. The molecule has 0 aromatic carbocycles. The second-order valence-electron chi connectivity index (χ2n) is 6.28. The van der Waals surface area contributed by atoms with Crippen LogP contribution in [0.15, 0.2) is 15.8 Å². The Morgan fingerprint density at radius 1 is 1.09 bits per heavy atom. The monoisotopic (exact) mass is 527 g/mol. The Hall–Kier alpha value is -1.07. The predicted molar refractivity (Wildman–Crippen MR) is 99.8 cm³/mol. The first kappa shape index (κ1) is 27.2. The van der Waals surface area contributed by atoms with E-state index in [0.717, 1.165) is 10.8 Å². The van der Waals surface area contributed by atoms with E-state index in [2.05, 4.69) is 18.5 Å². The highest BCUT2D eigenvalue weighted by Crippen LogP contribution is 2.66. The quantitative estimate of drug-likeness (QED) is 0.143. The lowest BCUT2D eigenvalue weighted by Gasteiger charge is -2.19. The van der Waals surface area contributed by atoms with Gasteiger partial charge in [0.1, 0.15) is 18.3 Å². The van der Waals surface area contributed by atoms with Crippen molar-refractivity contribution in [3.8, 4) is 0 Å². The molecule has 0 bridgehead atoms. The maximum atomic E-state index is 12.1. The molecule has 184 valence electrons. The summed E-state index contributed by atoms with van der Waals surface area (Å²) in [6.45, 7) is -1.02. The lowest BCUT2D eigenvalue weighted by atomic mass is 10.1. The summed E-state index contributed by atoms with van der Waals surface area (Å²) >= 11 is 0. The fourth-order valence-electron chi connectivity index (χ4n) is 2.60. The van der Waals surface area contributed by atoms with E-state index >= 15 is 0 Å². The van der Waals surface area contributed by atoms with Gasteiger partial charge >= 0.3 is 29.2 Å². The first-order valence-electron chi connectivity index (χ1n) is 8.34. The van der Waals surface area contributed by atoms with Gasteiger partial charge in [0.15, 0.2) is 6.23 Å². The molecule has 8 N–H and O–H groups in total. The van der Waals surface area contributed by atoms with Crippen LogP contribution in [0.25, 0.3) is 0 Å². The van der Waals surface area contributed by atoms with Crippen LogP contribution in [0.5, 0.6) is 0 Å². The first-order valence-corrected chi connectivity index (χ1v) is 12.9. The van der Waals surface area contributed by atoms with E-state index < -0.39 is 65.9 Å². The molecule has 1 fully saturated rings. The van der Waals surface area contributed by atoms with Crippen LogP contribution in [-0.2, 0) is 38.1 Å². The standard InChI is InChI=1S/C11H20N3O15P3/c1-12-2-5-3-14(11(18)13-9(5)17)10-8(16)7(15)6(27-10)4-26-31(22,23)29-32(24,25)28-30(19,20)21/h3,6-8,10,12,15-16H,2,4H2,1H3,(H,22,23)(H,24,25)(H,13,17,18)(H2,19,20,21)/t6-,7?,8?,10-/m1/s1. The topological polar surface area (TPSA) is 276 Å². The molecule has 1 aliphatic rings. The largest absolute Gasteiger partial charge is 0.490 e. The van der Waals surface area contributed by atoms with Gasteiger partial charge in [-0.05, 0) is 7.05 Å². The van der Waals surface area contributed by atoms with Crippen molar-refractivity contribution >= 4 is 23.5 Å². The normalized spacial score (nSPS) is 27.7. The highest BCUT2D eigenvalue weighted by Gasteiger charge is 2.46. The van der Waals surface area contributed by atoms with Crippen LogP contribution in [0.3, 0.4) is 0 Å². The van der Waals surface area contributed by atoms with Gasteiger partial charge in [-0.1, -0.05) is 0 Å². The molecule has 2 rings (SSSR count). The fourth-order valence-corrected chi connectivity index (χ4v) is 5.63. The molecule has 0 radical (unpaired) electrons. The summed E-state index contributed by atoms with van der Waals surface area (Å²) in [6.07, 6.45) is -5.69. The van der Waals surface area contributed by atoms with Crippen molar-refractivity contribution in [1.82, 2.24) is 14.9 Å². The van der Waals surface area contributed by atoms with Crippen molar-refractivity contribution < 1.29 is 61.4 Å². The Bertz CT molecular complexity index is 1080. The summed E-state index contributed by atoms with van der Waals surface area (Å²) < 4.78 is 51.1. The number of ether oxygens (including phenoxy) is 1. The number of nitrogens with one attached hydrogen (secondary N) is 2. The van der Waals surface area contributed by atoms with Gasteiger partial charge in [-0.25, -0.2) is 18.5 Å². The van der Waals surface area contributed by atoms with Crippen molar-refractivity contribution in [2.24, 2.45) is 0 Å². The zero-order valence-electron chi connectivity index (χ0n) is 15.9. The third-order valence-corrected chi connectivity index (χ3v) is 7.64. The van der Waals surface area contributed by atoms with Gasteiger partial charge in [-0.3, -0.25) is 18.9 Å². The minimum absolute atomic E-state index is 0.0381. The Kier molecular flexibility index (Phi) is 8.53. The summed E-state index contributed by atoms with van der Waals surface area (Å²) in [7, 11) is -15.3. The Morgan fingerprint density at radius 2 is 1.72 bits per heavy atom. The third-order valence-electron chi connectivity index (χ3n) is 3.84. The molecule has 21 heteroatoms. The minimum atomic E-state index is -5.75. The van der Waals surface area contributed by atoms with Gasteiger partial charge in [0.2, 0.25) is 0 Å². The number of hydrogen-bond donors (Lipinski definition) is 8. The van der Waals surface area contributed by atoms with E-state index in [0.29, 0.717) is 0 Å². The van der Waals surface area contributed by atoms with E-state index in [9.17, 15) is 38.4 Å². The molecule has 1 aromatic rings. The van der Waals surface area contributed by atoms with E-state index in [1.165, 1.54) is 7.05 Å². The molecule has 1 aliphatic heterocycles. The molecular formula is C11H20N3O15P3. The molecule has 2 heterocycles. The number of rotatable bonds is 10. The number of aromatic nitrogens is 2. The van der Waals surface area contributed by atoms with Crippen LogP contribution in [0.1, 0.15) is 11.8 Å². The average molecular weight is 527 g/mol. The van der Waals surface area contributed by atoms with Crippen LogP contribution in [0.2, 0.25) is 0 Å². The number of H-pyrrole nitrogens is 1. The van der Waals surface area contributed by atoms with Crippen LogP contribution in [0, 0.1) is 0 Å². The molecular weight excluding hydrogens is 507 g/mol. The molecule has 0 aliphatic carbocycles. The van der Waals surface area contributed by atoms with Gasteiger partial charge in [0.05, 0.1) is 6.61 Å². The summed E-state index contributed by atoms with van der Waals surface area (Å²) in [5.41, 5.74) is -1.63. The highest BCUT2D eigenvalue weighted by molar-refractivity contribution is 7.66. The van der Waals surface area contributed by atoms with E-state index in [1.807, 2.05) is 4.98 Å². The second kappa shape index (κ2) is 10.0. The lowest BCUT2D eigenvalue weighted by molar-refractivity contribution is -0.0543. The van der Waals surface area contributed by atoms with Crippen molar-refractivity contribution in [1.29, 1.82) is 0 Å². The summed E-state index contributed by atoms with van der Waals surface area (Å²) in [5.74, 6) is 0. The SMILES string of the molecule is CNCc1cn([C@@H]2O[C@H](COP(=O)(O)OP(=O)(O)OP(=O)(O)O)C(O)C2O)c(=O)[nH]c1=O. The summed E-state index contributed by atoms with van der Waals surface area (Å²) in [6, 6.07) is 0. The van der Waals surface area contributed by atoms with Crippen molar-refractivity contribution in [2.45, 2.75) is 31.1 Å². The molecule has 0 saturated carbocycles. The molecule has 4 unspecified atom stereocenters. The number of hydrogen-bond acceptors (Lipinski definition) is 12. The van der Waals surface area contributed by atoms with Gasteiger partial charge in [-0.15, -0.1) is 0 Å². The van der Waals surface area contributed by atoms with E-state index in [-0.39, 0.29) is 12.1 Å². The second-order valence-corrected chi connectivity index (χ2v) is 10.7. The molecule has 32 heavy (non-hydrogen) atoms. The van der Waals surface area contributed by atoms with Crippen molar-refractivity contribution in [3.05, 3.63) is 32.6 Å². The molecule has 1 saturated heterocycles. The predicted octanol–water partition coefficient (Wildman–Crippen LogP) is -2.78. The lowest BCUT2D eigenvalue weighted by Crippen LogP contribution is -2.39. The van der Waals surface area contributed by atoms with E-state index in [4.69, 9.17) is 19.4 Å². The van der Waals surface area contributed by atoms with Crippen LogP contribution in [0.4, 0.5) is 0 Å².